The largest absolute Gasteiger partial charge is 0.492 e. The van der Waals surface area contributed by atoms with Crippen LogP contribution in [0.25, 0.3) is 0 Å². The van der Waals surface area contributed by atoms with Gasteiger partial charge < -0.3 is 15.8 Å². The molecule has 0 saturated carbocycles. The van der Waals surface area contributed by atoms with Gasteiger partial charge in [0.15, 0.2) is 0 Å². The van der Waals surface area contributed by atoms with Gasteiger partial charge in [0.05, 0.1) is 11.3 Å². The lowest BCUT2D eigenvalue weighted by atomic mass is 10.0. The van der Waals surface area contributed by atoms with Gasteiger partial charge in [0.1, 0.15) is 24.3 Å². The number of nitrogens with zero attached hydrogens (tertiary/aromatic N) is 1. The molecule has 2 aromatic rings. The monoisotopic (exact) mass is 279 g/mol. The number of carbonyl (C=O) groups excluding carboxylic acids is 1. The first-order valence-corrected chi connectivity index (χ1v) is 6.51. The Morgan fingerprint density at radius 3 is 2.95 bits per heavy atom. The van der Waals surface area contributed by atoms with Crippen LogP contribution in [0.5, 0.6) is 5.75 Å². The highest BCUT2D eigenvalue weighted by molar-refractivity contribution is 5.98. The summed E-state index contributed by atoms with van der Waals surface area (Å²) in [6, 6.07) is 14.3. The molecule has 2 aromatic carbocycles. The topological polar surface area (TPSA) is 88.1 Å². The van der Waals surface area contributed by atoms with Crippen LogP contribution >= 0.6 is 0 Å². The van der Waals surface area contributed by atoms with Crippen molar-refractivity contribution >= 4 is 17.3 Å². The maximum Gasteiger partial charge on any atom is 0.235 e. The molecule has 0 aliphatic carbocycles. The number of nitriles is 1. The lowest BCUT2D eigenvalue weighted by Gasteiger charge is -2.11. The van der Waals surface area contributed by atoms with Crippen LogP contribution in [0.2, 0.25) is 0 Å². The highest BCUT2D eigenvalue weighted by atomic mass is 16.5. The van der Waals surface area contributed by atoms with Crippen LogP contribution in [0.15, 0.2) is 42.5 Å². The van der Waals surface area contributed by atoms with Crippen LogP contribution in [-0.4, -0.2) is 12.5 Å². The second-order valence-electron chi connectivity index (χ2n) is 4.81. The van der Waals surface area contributed by atoms with Gasteiger partial charge >= 0.3 is 0 Å². The van der Waals surface area contributed by atoms with Crippen molar-refractivity contribution in [2.45, 2.75) is 5.92 Å². The summed E-state index contributed by atoms with van der Waals surface area (Å²) < 4.78 is 5.50. The summed E-state index contributed by atoms with van der Waals surface area (Å²) >= 11 is 0. The van der Waals surface area contributed by atoms with Crippen LogP contribution in [0.4, 0.5) is 11.4 Å². The Balaban J connectivity index is 1.84. The molecule has 0 radical (unpaired) electrons. The number of hydrogen-bond donors (Lipinski definition) is 2. The average Bonchev–Trinajstić information content (AvgIpc) is 2.93. The average molecular weight is 279 g/mol. The Morgan fingerprint density at radius 1 is 1.33 bits per heavy atom. The van der Waals surface area contributed by atoms with E-state index in [2.05, 4.69) is 5.32 Å². The molecule has 1 amide bonds. The summed E-state index contributed by atoms with van der Waals surface area (Å²) in [5.41, 5.74) is 7.79. The minimum absolute atomic E-state index is 0.193. The molecule has 1 unspecified atom stereocenters. The van der Waals surface area contributed by atoms with Crippen LogP contribution < -0.4 is 15.8 Å². The fourth-order valence-electron chi connectivity index (χ4n) is 2.36. The highest BCUT2D eigenvalue weighted by Gasteiger charge is 2.30. The summed E-state index contributed by atoms with van der Waals surface area (Å²) in [4.78, 5) is 12.4. The molecule has 3 rings (SSSR count). The maximum atomic E-state index is 12.4. The van der Waals surface area contributed by atoms with Gasteiger partial charge in [0.2, 0.25) is 5.91 Å². The van der Waals surface area contributed by atoms with E-state index in [4.69, 9.17) is 15.7 Å². The first-order valence-electron chi connectivity index (χ1n) is 6.51. The number of nitrogens with two attached hydrogens (primary N) is 1. The third-order valence-corrected chi connectivity index (χ3v) is 3.44. The van der Waals surface area contributed by atoms with Crippen LogP contribution in [0.3, 0.4) is 0 Å². The summed E-state index contributed by atoms with van der Waals surface area (Å²) in [6.45, 7) is 0.308. The van der Waals surface area contributed by atoms with Crippen molar-refractivity contribution in [3.8, 4) is 11.8 Å². The number of nitrogens with one attached hydrogen (secondary N) is 1. The molecule has 0 aromatic heterocycles. The van der Waals surface area contributed by atoms with E-state index in [-0.39, 0.29) is 11.8 Å². The summed E-state index contributed by atoms with van der Waals surface area (Å²) in [5.74, 6) is 0.169. The lowest BCUT2D eigenvalue weighted by molar-refractivity contribution is -0.117. The number of nitrogen functional groups attached to an aromatic ring is 1. The molecule has 0 bridgehead atoms. The van der Waals surface area contributed by atoms with Gasteiger partial charge in [0.25, 0.3) is 0 Å². The minimum atomic E-state index is -0.370. The number of ether oxygens (including phenoxy) is 1. The highest BCUT2D eigenvalue weighted by Crippen LogP contribution is 2.34. The van der Waals surface area contributed by atoms with E-state index in [0.29, 0.717) is 23.5 Å². The molecule has 3 N–H and O–H groups in total. The van der Waals surface area contributed by atoms with Crippen molar-refractivity contribution in [2.75, 3.05) is 17.7 Å². The third kappa shape index (κ3) is 2.39. The Bertz CT molecular complexity index is 749. The van der Waals surface area contributed by atoms with Crippen molar-refractivity contribution in [3.05, 3.63) is 53.6 Å². The maximum absolute atomic E-state index is 12.4. The summed E-state index contributed by atoms with van der Waals surface area (Å²) in [7, 11) is 0. The quantitative estimate of drug-likeness (QED) is 0.825. The summed E-state index contributed by atoms with van der Waals surface area (Å²) in [6.07, 6.45) is 0. The van der Waals surface area contributed by atoms with E-state index in [1.807, 2.05) is 30.3 Å². The molecule has 5 heteroatoms. The van der Waals surface area contributed by atoms with E-state index in [1.165, 1.54) is 6.07 Å². The molecule has 1 aliphatic heterocycles. The second kappa shape index (κ2) is 5.17. The molecule has 0 saturated heterocycles. The predicted molar refractivity (Wildman–Crippen MR) is 78.9 cm³/mol. The number of rotatable bonds is 2. The normalized spacial score (nSPS) is 15.7. The molecule has 104 valence electrons. The zero-order chi connectivity index (χ0) is 14.8. The van der Waals surface area contributed by atoms with Gasteiger partial charge in [0, 0.05) is 11.3 Å². The zero-order valence-electron chi connectivity index (χ0n) is 11.2. The van der Waals surface area contributed by atoms with Crippen molar-refractivity contribution in [1.29, 1.82) is 5.26 Å². The van der Waals surface area contributed by atoms with E-state index in [9.17, 15) is 4.79 Å². The van der Waals surface area contributed by atoms with E-state index >= 15 is 0 Å². The fourth-order valence-corrected chi connectivity index (χ4v) is 2.36. The number of carbonyl (C=O) groups is 1. The van der Waals surface area contributed by atoms with E-state index in [0.717, 1.165) is 11.3 Å². The number of benzene rings is 2. The zero-order valence-corrected chi connectivity index (χ0v) is 11.2. The lowest BCUT2D eigenvalue weighted by Crippen LogP contribution is -2.22. The summed E-state index contributed by atoms with van der Waals surface area (Å²) in [5, 5.41) is 11.9. The first kappa shape index (κ1) is 13.0. The molecule has 1 aliphatic rings. The molecular formula is C16H13N3O2. The van der Waals surface area contributed by atoms with Crippen molar-refractivity contribution in [1.82, 2.24) is 0 Å². The van der Waals surface area contributed by atoms with Crippen LogP contribution in [0, 0.1) is 11.3 Å². The molecule has 5 nitrogen and oxygen atoms in total. The second-order valence-corrected chi connectivity index (χ2v) is 4.81. The predicted octanol–water partition coefficient (Wildman–Crippen LogP) is 2.26. The van der Waals surface area contributed by atoms with Crippen LogP contribution in [-0.2, 0) is 4.79 Å². The SMILES string of the molecule is N#Cc1cc(N)ccc1NC(=O)C1COc2ccccc21. The molecule has 1 heterocycles. The van der Waals surface area contributed by atoms with Gasteiger partial charge in [-0.05, 0) is 24.3 Å². The minimum Gasteiger partial charge on any atom is -0.492 e. The number of hydrogen-bond acceptors (Lipinski definition) is 4. The fraction of sp³-hybridized carbons (Fsp3) is 0.125. The number of para-hydroxylation sites is 1. The Morgan fingerprint density at radius 2 is 2.14 bits per heavy atom. The van der Waals surface area contributed by atoms with Crippen molar-refractivity contribution in [2.24, 2.45) is 0 Å². The van der Waals surface area contributed by atoms with E-state index < -0.39 is 0 Å². The number of anilines is 2. The Labute approximate surface area is 121 Å². The third-order valence-electron chi connectivity index (χ3n) is 3.44. The first-order chi connectivity index (χ1) is 10.2. The van der Waals surface area contributed by atoms with Gasteiger partial charge in [-0.1, -0.05) is 18.2 Å². The smallest absolute Gasteiger partial charge is 0.235 e. The number of amides is 1. The van der Waals surface area contributed by atoms with Gasteiger partial charge in [-0.25, -0.2) is 0 Å². The van der Waals surface area contributed by atoms with Crippen molar-refractivity contribution in [3.63, 3.8) is 0 Å². The van der Waals surface area contributed by atoms with Crippen LogP contribution in [0.1, 0.15) is 17.0 Å². The molecule has 0 fully saturated rings. The van der Waals surface area contributed by atoms with E-state index in [1.54, 1.807) is 12.1 Å². The van der Waals surface area contributed by atoms with Crippen molar-refractivity contribution < 1.29 is 9.53 Å². The van der Waals surface area contributed by atoms with Gasteiger partial charge in [-0.2, -0.15) is 5.26 Å². The van der Waals surface area contributed by atoms with Gasteiger partial charge in [-0.3, -0.25) is 4.79 Å². The Hall–Kier alpha value is -3.00. The Kier molecular flexibility index (Phi) is 3.20. The number of fused-ring (bicyclic) bond motifs is 1. The van der Waals surface area contributed by atoms with Gasteiger partial charge in [-0.15, -0.1) is 0 Å². The molecule has 21 heavy (non-hydrogen) atoms. The molecule has 1 atom stereocenters. The standard InChI is InChI=1S/C16H13N3O2/c17-8-10-7-11(18)5-6-14(10)19-16(20)13-9-21-15-4-2-1-3-12(13)15/h1-7,13H,9,18H2,(H,19,20). The molecule has 0 spiro atoms. The molecular weight excluding hydrogens is 266 g/mol.